The van der Waals surface area contributed by atoms with Crippen molar-refractivity contribution in [1.29, 1.82) is 0 Å². The van der Waals surface area contributed by atoms with Gasteiger partial charge in [-0.05, 0) is 36.2 Å². The van der Waals surface area contributed by atoms with E-state index in [4.69, 9.17) is 17.3 Å². The average molecular weight is 475 g/mol. The second-order valence-corrected chi connectivity index (χ2v) is 8.42. The number of halogens is 1. The van der Waals surface area contributed by atoms with Crippen LogP contribution in [0.5, 0.6) is 0 Å². The molecule has 2 amide bonds. The highest BCUT2D eigenvalue weighted by atomic mass is 35.5. The molecule has 0 radical (unpaired) electrons. The molecule has 4 aromatic rings. The molecule has 0 aliphatic rings. The Bertz CT molecular complexity index is 1270. The van der Waals surface area contributed by atoms with Crippen LogP contribution in [0.3, 0.4) is 0 Å². The van der Waals surface area contributed by atoms with Gasteiger partial charge in [0.2, 0.25) is 5.91 Å². The molecule has 174 valence electrons. The summed E-state index contributed by atoms with van der Waals surface area (Å²) in [4.78, 5) is 31.7. The summed E-state index contributed by atoms with van der Waals surface area (Å²) in [5.41, 5.74) is 9.04. The highest BCUT2D eigenvalue weighted by Gasteiger charge is 2.32. The van der Waals surface area contributed by atoms with E-state index in [1.165, 1.54) is 0 Å². The maximum atomic E-state index is 13.6. The van der Waals surface area contributed by atoms with E-state index in [0.717, 1.165) is 16.5 Å². The Morgan fingerprint density at radius 1 is 0.971 bits per heavy atom. The number of carbonyl (C=O) groups excluding carboxylic acids is 2. The lowest BCUT2D eigenvalue weighted by Gasteiger charge is -2.32. The van der Waals surface area contributed by atoms with E-state index in [-0.39, 0.29) is 24.8 Å². The zero-order valence-electron chi connectivity index (χ0n) is 18.7. The Labute approximate surface area is 203 Å². The van der Waals surface area contributed by atoms with Gasteiger partial charge in [-0.25, -0.2) is 0 Å². The van der Waals surface area contributed by atoms with Gasteiger partial charge in [-0.3, -0.25) is 9.59 Å². The summed E-state index contributed by atoms with van der Waals surface area (Å²) in [5.74, 6) is -0.529. The number of fused-ring (bicyclic) bond motifs is 1. The molecule has 0 saturated carbocycles. The van der Waals surface area contributed by atoms with E-state index in [9.17, 15) is 9.59 Å². The smallest absolute Gasteiger partial charge is 0.251 e. The molecule has 0 aliphatic heterocycles. The molecule has 0 bridgehead atoms. The molecule has 1 atom stereocenters. The minimum atomic E-state index is -0.904. The summed E-state index contributed by atoms with van der Waals surface area (Å²) in [6.45, 7) is 0.525. The van der Waals surface area contributed by atoms with Crippen LogP contribution in [-0.4, -0.2) is 34.8 Å². The Balaban J connectivity index is 1.69. The van der Waals surface area contributed by atoms with Gasteiger partial charge in [-0.1, -0.05) is 66.2 Å². The van der Waals surface area contributed by atoms with Crippen molar-refractivity contribution < 1.29 is 9.59 Å². The van der Waals surface area contributed by atoms with Crippen molar-refractivity contribution in [3.63, 3.8) is 0 Å². The van der Waals surface area contributed by atoms with Crippen molar-refractivity contribution in [2.24, 2.45) is 5.73 Å². The van der Waals surface area contributed by atoms with E-state index >= 15 is 0 Å². The van der Waals surface area contributed by atoms with Crippen LogP contribution in [0.1, 0.15) is 23.6 Å². The Kier molecular flexibility index (Phi) is 7.62. The number of hydrogen-bond acceptors (Lipinski definition) is 3. The van der Waals surface area contributed by atoms with Crippen molar-refractivity contribution in [2.45, 2.75) is 18.9 Å². The van der Waals surface area contributed by atoms with Crippen LogP contribution in [0, 0.1) is 0 Å². The quantitative estimate of drug-likeness (QED) is 0.321. The maximum Gasteiger partial charge on any atom is 0.251 e. The lowest BCUT2D eigenvalue weighted by molar-refractivity contribution is -0.138. The van der Waals surface area contributed by atoms with Gasteiger partial charge in [0.05, 0.1) is 0 Å². The zero-order valence-corrected chi connectivity index (χ0v) is 19.5. The molecule has 6 nitrogen and oxygen atoms in total. The molecule has 0 spiro atoms. The number of H-pyrrole nitrogens is 1. The fourth-order valence-corrected chi connectivity index (χ4v) is 4.36. The third-order valence-corrected chi connectivity index (χ3v) is 6.12. The van der Waals surface area contributed by atoms with Crippen molar-refractivity contribution >= 4 is 40.0 Å². The van der Waals surface area contributed by atoms with Gasteiger partial charge < -0.3 is 20.9 Å². The monoisotopic (exact) mass is 474 g/mol. The topological polar surface area (TPSA) is 91.2 Å². The molecule has 3 aromatic carbocycles. The van der Waals surface area contributed by atoms with Gasteiger partial charge in [-0.15, -0.1) is 0 Å². The number of para-hydroxylation sites is 2. The SMILES string of the molecule is NCCC(=O)N(CCc1c[nH]c2ccccc12)C(C(=O)Nc1ccccc1)c1ccccc1Cl. The molecule has 1 heterocycles. The van der Waals surface area contributed by atoms with Crippen molar-refractivity contribution in [3.8, 4) is 0 Å². The second-order valence-electron chi connectivity index (χ2n) is 8.01. The first-order valence-corrected chi connectivity index (χ1v) is 11.6. The van der Waals surface area contributed by atoms with E-state index < -0.39 is 6.04 Å². The standard InChI is InChI=1S/C27H27ClN4O2/c28-23-12-6-4-11-22(23)26(27(34)31-20-8-2-1-3-9-20)32(25(33)14-16-29)17-15-19-18-30-24-13-7-5-10-21(19)24/h1-13,18,26,30H,14-17,29H2,(H,31,34). The number of nitrogens with one attached hydrogen (secondary N) is 2. The predicted octanol–water partition coefficient (Wildman–Crippen LogP) is 4.92. The third kappa shape index (κ3) is 5.30. The number of anilines is 1. The lowest BCUT2D eigenvalue weighted by Crippen LogP contribution is -2.43. The summed E-state index contributed by atoms with van der Waals surface area (Å²) in [6.07, 6.45) is 2.65. The summed E-state index contributed by atoms with van der Waals surface area (Å²) >= 11 is 6.52. The first-order valence-electron chi connectivity index (χ1n) is 11.2. The molecule has 4 N–H and O–H groups in total. The number of hydrogen-bond donors (Lipinski definition) is 3. The summed E-state index contributed by atoms with van der Waals surface area (Å²) in [6, 6.07) is 23.4. The minimum absolute atomic E-state index is 0.132. The molecule has 1 unspecified atom stereocenters. The van der Waals surface area contributed by atoms with E-state index in [0.29, 0.717) is 29.2 Å². The van der Waals surface area contributed by atoms with E-state index in [1.54, 1.807) is 35.2 Å². The van der Waals surface area contributed by atoms with Crippen LogP contribution < -0.4 is 11.1 Å². The predicted molar refractivity (Wildman–Crippen MR) is 137 cm³/mol. The fourth-order valence-electron chi connectivity index (χ4n) is 4.12. The Morgan fingerprint density at radius 2 is 1.68 bits per heavy atom. The molecule has 1 aromatic heterocycles. The molecule has 7 heteroatoms. The number of carbonyl (C=O) groups is 2. The van der Waals surface area contributed by atoms with Crippen LogP contribution in [-0.2, 0) is 16.0 Å². The van der Waals surface area contributed by atoms with Crippen LogP contribution in [0.15, 0.2) is 85.1 Å². The molecular weight excluding hydrogens is 448 g/mol. The number of nitrogens with zero attached hydrogens (tertiary/aromatic N) is 1. The number of aromatic amines is 1. The number of aromatic nitrogens is 1. The number of amides is 2. The van der Waals surface area contributed by atoms with Crippen LogP contribution in [0.4, 0.5) is 5.69 Å². The van der Waals surface area contributed by atoms with Crippen molar-refractivity contribution in [1.82, 2.24) is 9.88 Å². The van der Waals surface area contributed by atoms with Crippen LogP contribution in [0.2, 0.25) is 5.02 Å². The Morgan fingerprint density at radius 3 is 2.44 bits per heavy atom. The van der Waals surface area contributed by atoms with Gasteiger partial charge in [0.25, 0.3) is 5.91 Å². The molecule has 0 aliphatic carbocycles. The van der Waals surface area contributed by atoms with Crippen molar-refractivity contribution in [3.05, 3.63) is 101 Å². The lowest BCUT2D eigenvalue weighted by atomic mass is 10.0. The highest BCUT2D eigenvalue weighted by molar-refractivity contribution is 6.31. The molecule has 4 rings (SSSR count). The van der Waals surface area contributed by atoms with Gasteiger partial charge in [0.15, 0.2) is 0 Å². The Hall–Kier alpha value is -3.61. The normalized spacial score (nSPS) is 11.8. The number of nitrogens with two attached hydrogens (primary N) is 1. The first-order chi connectivity index (χ1) is 16.6. The average Bonchev–Trinajstić information content (AvgIpc) is 3.26. The van der Waals surface area contributed by atoms with Crippen LogP contribution >= 0.6 is 11.6 Å². The fraction of sp³-hybridized carbons (Fsp3) is 0.185. The molecule has 0 fully saturated rings. The largest absolute Gasteiger partial charge is 0.361 e. The molecular formula is C27H27ClN4O2. The minimum Gasteiger partial charge on any atom is -0.361 e. The first kappa shape index (κ1) is 23.5. The van der Waals surface area contributed by atoms with Crippen LogP contribution in [0.25, 0.3) is 10.9 Å². The van der Waals surface area contributed by atoms with Gasteiger partial charge in [0, 0.05) is 52.9 Å². The second kappa shape index (κ2) is 11.0. The summed E-state index contributed by atoms with van der Waals surface area (Å²) < 4.78 is 0. The summed E-state index contributed by atoms with van der Waals surface area (Å²) in [5, 5.41) is 4.46. The van der Waals surface area contributed by atoms with E-state index in [1.807, 2.05) is 54.7 Å². The maximum absolute atomic E-state index is 13.6. The summed E-state index contributed by atoms with van der Waals surface area (Å²) in [7, 11) is 0. The molecule has 34 heavy (non-hydrogen) atoms. The number of benzene rings is 3. The number of rotatable bonds is 9. The third-order valence-electron chi connectivity index (χ3n) is 5.78. The van der Waals surface area contributed by atoms with Crippen molar-refractivity contribution in [2.75, 3.05) is 18.4 Å². The zero-order chi connectivity index (χ0) is 23.9. The molecule has 0 saturated heterocycles. The van der Waals surface area contributed by atoms with E-state index in [2.05, 4.69) is 10.3 Å². The van der Waals surface area contributed by atoms with Gasteiger partial charge in [-0.2, -0.15) is 0 Å². The highest BCUT2D eigenvalue weighted by Crippen LogP contribution is 2.30. The van der Waals surface area contributed by atoms with Gasteiger partial charge >= 0.3 is 0 Å². The van der Waals surface area contributed by atoms with Gasteiger partial charge in [0.1, 0.15) is 6.04 Å².